The minimum absolute atomic E-state index is 0.289. The number of thiophene rings is 1. The number of hydrogen-bond acceptors (Lipinski definition) is 5. The molecular weight excluding hydrogens is 375 g/mol. The average molecular weight is 392 g/mol. The number of rotatable bonds is 6. The molecule has 0 aliphatic heterocycles. The van der Waals surface area contributed by atoms with Gasteiger partial charge in [0.05, 0.1) is 11.6 Å². The molecule has 0 aliphatic carbocycles. The molecule has 4 aromatic rings. The van der Waals surface area contributed by atoms with E-state index in [0.717, 1.165) is 32.6 Å². The van der Waals surface area contributed by atoms with Crippen molar-refractivity contribution in [2.24, 2.45) is 0 Å². The van der Waals surface area contributed by atoms with E-state index in [2.05, 4.69) is 4.98 Å². The second kappa shape index (κ2) is 7.59. The minimum atomic E-state index is -1.60. The molecule has 8 heteroatoms. The molecule has 2 heterocycles. The fraction of sp³-hybridized carbons (Fsp3) is 0.100. The Bertz CT molecular complexity index is 1120. The first-order valence-corrected chi connectivity index (χ1v) is 9.65. The first kappa shape index (κ1) is 18.4. The van der Waals surface area contributed by atoms with Crippen LogP contribution in [0.1, 0.15) is 16.4 Å². The predicted octanol–water partition coefficient (Wildman–Crippen LogP) is 2.98. The highest BCUT2D eigenvalue weighted by molar-refractivity contribution is 7.11. The summed E-state index contributed by atoms with van der Waals surface area (Å²) in [4.78, 5) is 15.3. The number of fused-ring (bicyclic) bond motifs is 1. The summed E-state index contributed by atoms with van der Waals surface area (Å²) < 4.78 is 0. The van der Waals surface area contributed by atoms with Crippen LogP contribution in [-0.4, -0.2) is 33.6 Å². The van der Waals surface area contributed by atoms with Crippen LogP contribution in [0.25, 0.3) is 22.2 Å². The zero-order valence-corrected chi connectivity index (χ0v) is 15.6. The number of nitrogens with one attached hydrogen (secondary N) is 1. The van der Waals surface area contributed by atoms with E-state index in [-0.39, 0.29) is 11.5 Å². The van der Waals surface area contributed by atoms with Crippen molar-refractivity contribution in [3.8, 4) is 11.3 Å². The molecule has 0 radical (unpaired) electrons. The molecular formula is C20H17BN2O4S. The maximum absolute atomic E-state index is 11.5. The van der Waals surface area contributed by atoms with Crippen LogP contribution in [0.4, 0.5) is 0 Å². The van der Waals surface area contributed by atoms with Crippen LogP contribution >= 0.6 is 11.3 Å². The van der Waals surface area contributed by atoms with Gasteiger partial charge in [0.1, 0.15) is 0 Å². The highest BCUT2D eigenvalue weighted by Crippen LogP contribution is 2.40. The third-order valence-corrected chi connectivity index (χ3v) is 5.83. The lowest BCUT2D eigenvalue weighted by molar-refractivity contribution is -0.481. The Morgan fingerprint density at radius 3 is 2.50 bits per heavy atom. The van der Waals surface area contributed by atoms with Crippen LogP contribution in [0.5, 0.6) is 0 Å². The number of para-hydroxylation sites is 1. The summed E-state index contributed by atoms with van der Waals surface area (Å²) in [6.07, 6.45) is 0. The SMILES string of the molecule is O=[N+]([O-])CC(c1cc(B(O)O)cs1)c1c(-c2ccccc2)[nH]c2ccccc12. The van der Waals surface area contributed by atoms with Crippen molar-refractivity contribution >= 4 is 34.8 Å². The monoisotopic (exact) mass is 392 g/mol. The van der Waals surface area contributed by atoms with Gasteiger partial charge in [0.15, 0.2) is 0 Å². The standard InChI is InChI=1S/C20H17BN2O4S/c24-21(25)14-10-18(28-12-14)16(11-23(26)27)19-15-8-4-5-9-17(15)22-20(19)13-6-2-1-3-7-13/h1-10,12,16,22,24-25H,11H2. The van der Waals surface area contributed by atoms with E-state index in [9.17, 15) is 20.2 Å². The quantitative estimate of drug-likeness (QED) is 0.267. The zero-order chi connectivity index (χ0) is 19.7. The van der Waals surface area contributed by atoms with Gasteiger partial charge in [0, 0.05) is 26.3 Å². The second-order valence-electron chi connectivity index (χ2n) is 6.55. The lowest BCUT2D eigenvalue weighted by Crippen LogP contribution is -2.28. The van der Waals surface area contributed by atoms with Crippen LogP contribution in [0.15, 0.2) is 66.0 Å². The summed E-state index contributed by atoms with van der Waals surface area (Å²) in [5.41, 5.74) is 3.88. The third kappa shape index (κ3) is 3.45. The second-order valence-corrected chi connectivity index (χ2v) is 7.49. The topological polar surface area (TPSA) is 99.4 Å². The number of nitrogens with zero attached hydrogens (tertiary/aromatic N) is 1. The fourth-order valence-electron chi connectivity index (χ4n) is 3.52. The van der Waals surface area contributed by atoms with Crippen LogP contribution in [0.3, 0.4) is 0 Å². The largest absolute Gasteiger partial charge is 0.489 e. The molecule has 0 spiro atoms. The molecule has 2 aromatic carbocycles. The number of nitro groups is 1. The first-order valence-electron chi connectivity index (χ1n) is 8.77. The van der Waals surface area contributed by atoms with Gasteiger partial charge in [-0.05, 0) is 28.5 Å². The van der Waals surface area contributed by atoms with E-state index in [4.69, 9.17) is 0 Å². The Hall–Kier alpha value is -2.94. The highest BCUT2D eigenvalue weighted by Gasteiger charge is 2.29. The van der Waals surface area contributed by atoms with Crippen molar-refractivity contribution in [2.45, 2.75) is 5.92 Å². The maximum atomic E-state index is 11.5. The van der Waals surface area contributed by atoms with Gasteiger partial charge in [-0.3, -0.25) is 10.1 Å². The number of aromatic amines is 1. The maximum Gasteiger partial charge on any atom is 0.489 e. The minimum Gasteiger partial charge on any atom is -0.423 e. The first-order chi connectivity index (χ1) is 13.5. The molecule has 6 nitrogen and oxygen atoms in total. The number of H-pyrrole nitrogens is 1. The molecule has 1 atom stereocenters. The van der Waals surface area contributed by atoms with E-state index in [1.165, 1.54) is 11.3 Å². The third-order valence-electron chi connectivity index (χ3n) is 4.77. The number of benzene rings is 2. The number of hydrogen-bond donors (Lipinski definition) is 3. The van der Waals surface area contributed by atoms with E-state index in [1.54, 1.807) is 11.4 Å². The van der Waals surface area contributed by atoms with E-state index in [0.29, 0.717) is 5.46 Å². The van der Waals surface area contributed by atoms with E-state index < -0.39 is 13.0 Å². The van der Waals surface area contributed by atoms with Gasteiger partial charge < -0.3 is 15.0 Å². The van der Waals surface area contributed by atoms with Crippen molar-refractivity contribution < 1.29 is 15.0 Å². The van der Waals surface area contributed by atoms with Gasteiger partial charge in [0.25, 0.3) is 0 Å². The summed E-state index contributed by atoms with van der Waals surface area (Å²) in [6.45, 7) is -0.289. The summed E-state index contributed by atoms with van der Waals surface area (Å²) in [6, 6.07) is 19.1. The summed E-state index contributed by atoms with van der Waals surface area (Å²) in [5.74, 6) is -0.515. The van der Waals surface area contributed by atoms with Crippen molar-refractivity contribution in [1.29, 1.82) is 0 Å². The molecule has 2 aromatic heterocycles. The van der Waals surface area contributed by atoms with Gasteiger partial charge in [-0.2, -0.15) is 0 Å². The molecule has 3 N–H and O–H groups in total. The zero-order valence-electron chi connectivity index (χ0n) is 14.8. The van der Waals surface area contributed by atoms with Gasteiger partial charge in [-0.15, -0.1) is 11.3 Å². The van der Waals surface area contributed by atoms with Crippen molar-refractivity contribution in [1.82, 2.24) is 4.98 Å². The predicted molar refractivity (Wildman–Crippen MR) is 112 cm³/mol. The summed E-state index contributed by atoms with van der Waals surface area (Å²) in [7, 11) is -1.60. The molecule has 0 saturated heterocycles. The normalized spacial score (nSPS) is 12.2. The van der Waals surface area contributed by atoms with Gasteiger partial charge in [-0.25, -0.2) is 0 Å². The summed E-state index contributed by atoms with van der Waals surface area (Å²) >= 11 is 1.30. The molecule has 0 fully saturated rings. The van der Waals surface area contributed by atoms with Crippen LogP contribution in [0, 0.1) is 10.1 Å². The Labute approximate surface area is 165 Å². The lowest BCUT2D eigenvalue weighted by atomic mass is 9.81. The lowest BCUT2D eigenvalue weighted by Gasteiger charge is -2.14. The molecule has 0 saturated carbocycles. The van der Waals surface area contributed by atoms with Crippen LogP contribution in [0.2, 0.25) is 0 Å². The molecule has 0 aliphatic rings. The van der Waals surface area contributed by atoms with Crippen molar-refractivity contribution in [3.63, 3.8) is 0 Å². The molecule has 1 unspecified atom stereocenters. The van der Waals surface area contributed by atoms with Crippen molar-refractivity contribution in [2.75, 3.05) is 6.54 Å². The number of aromatic nitrogens is 1. The molecule has 140 valence electrons. The molecule has 4 rings (SSSR count). The Balaban J connectivity index is 1.95. The Kier molecular flexibility index (Phi) is 5.00. The van der Waals surface area contributed by atoms with Crippen molar-refractivity contribution in [3.05, 3.63) is 86.6 Å². The molecule has 28 heavy (non-hydrogen) atoms. The van der Waals surface area contributed by atoms with Gasteiger partial charge >= 0.3 is 7.12 Å². The van der Waals surface area contributed by atoms with Crippen LogP contribution in [-0.2, 0) is 0 Å². The van der Waals surface area contributed by atoms with Crippen LogP contribution < -0.4 is 5.46 Å². The van der Waals surface area contributed by atoms with E-state index >= 15 is 0 Å². The highest BCUT2D eigenvalue weighted by atomic mass is 32.1. The Morgan fingerprint density at radius 1 is 1.11 bits per heavy atom. The smallest absolute Gasteiger partial charge is 0.423 e. The molecule has 0 bridgehead atoms. The molecule has 0 amide bonds. The van der Waals surface area contributed by atoms with Gasteiger partial charge in [-0.1, -0.05) is 48.5 Å². The average Bonchev–Trinajstić information content (AvgIpc) is 3.32. The fourth-order valence-corrected chi connectivity index (χ4v) is 4.54. The van der Waals surface area contributed by atoms with Gasteiger partial charge in [0.2, 0.25) is 6.54 Å². The Morgan fingerprint density at radius 2 is 1.82 bits per heavy atom. The van der Waals surface area contributed by atoms with E-state index in [1.807, 2.05) is 54.6 Å². The summed E-state index contributed by atoms with van der Waals surface area (Å²) in [5, 5.41) is 33.0.